The van der Waals surface area contributed by atoms with Gasteiger partial charge in [0.15, 0.2) is 5.82 Å². The van der Waals surface area contributed by atoms with Crippen molar-refractivity contribution in [3.8, 4) is 11.3 Å². The molecule has 3 aromatic rings. The van der Waals surface area contributed by atoms with Crippen LogP contribution in [0.25, 0.3) is 11.3 Å². The summed E-state index contributed by atoms with van der Waals surface area (Å²) in [5.74, 6) is 1.27. The van der Waals surface area contributed by atoms with Crippen molar-refractivity contribution in [2.45, 2.75) is 13.1 Å². The minimum absolute atomic E-state index is 0.0666. The smallest absolute Gasteiger partial charge is 0.266 e. The molecule has 0 unspecified atom stereocenters. The monoisotopic (exact) mass is 383 g/mol. The number of nitrogens with zero attached hydrogens (tertiary/aromatic N) is 7. The van der Waals surface area contributed by atoms with Gasteiger partial charge in [-0.1, -0.05) is 0 Å². The molecule has 0 radical (unpaired) electrons. The van der Waals surface area contributed by atoms with Crippen molar-refractivity contribution in [3.63, 3.8) is 0 Å². The molecule has 0 aliphatic carbocycles. The fraction of sp³-hybridized carbons (Fsp3) is 0.389. The summed E-state index contributed by atoms with van der Waals surface area (Å²) in [6.07, 6.45) is 3.45. The SMILES string of the molecule is CN(C)c1nc(CN2CC(Cn3nc(-c4ccncc4)ccc3=O)C2)ns1. The lowest BCUT2D eigenvalue weighted by atomic mass is 10.0. The zero-order valence-corrected chi connectivity index (χ0v) is 16.1. The van der Waals surface area contributed by atoms with Crippen molar-refractivity contribution in [2.75, 3.05) is 32.1 Å². The molecule has 1 aliphatic rings. The van der Waals surface area contributed by atoms with Crippen molar-refractivity contribution in [3.05, 3.63) is 52.8 Å². The van der Waals surface area contributed by atoms with Gasteiger partial charge in [0.05, 0.1) is 18.8 Å². The molecule has 1 saturated heterocycles. The summed E-state index contributed by atoms with van der Waals surface area (Å²) in [4.78, 5) is 25.0. The normalized spacial score (nSPS) is 14.9. The van der Waals surface area contributed by atoms with Crippen molar-refractivity contribution in [1.82, 2.24) is 29.0 Å². The van der Waals surface area contributed by atoms with Crippen molar-refractivity contribution in [1.29, 1.82) is 0 Å². The van der Waals surface area contributed by atoms with Crippen LogP contribution in [0.4, 0.5) is 5.13 Å². The van der Waals surface area contributed by atoms with Crippen LogP contribution in [0.5, 0.6) is 0 Å². The van der Waals surface area contributed by atoms with E-state index in [1.807, 2.05) is 31.1 Å². The molecule has 1 fully saturated rings. The van der Waals surface area contributed by atoms with Crippen LogP contribution in [0, 0.1) is 5.92 Å². The third-order valence-corrected chi connectivity index (χ3v) is 5.43. The number of aromatic nitrogens is 5. The highest BCUT2D eigenvalue weighted by atomic mass is 32.1. The summed E-state index contributed by atoms with van der Waals surface area (Å²) < 4.78 is 5.97. The average Bonchev–Trinajstić information content (AvgIpc) is 3.11. The van der Waals surface area contributed by atoms with Gasteiger partial charge in [0.25, 0.3) is 5.56 Å². The van der Waals surface area contributed by atoms with Crippen LogP contribution in [0.1, 0.15) is 5.82 Å². The maximum atomic E-state index is 12.2. The molecule has 9 heteroatoms. The highest BCUT2D eigenvalue weighted by molar-refractivity contribution is 7.09. The Labute approximate surface area is 161 Å². The van der Waals surface area contributed by atoms with E-state index in [-0.39, 0.29) is 5.56 Å². The van der Waals surface area contributed by atoms with Gasteiger partial charge in [-0.2, -0.15) is 9.47 Å². The average molecular weight is 383 g/mol. The second-order valence-corrected chi connectivity index (χ2v) is 7.65. The van der Waals surface area contributed by atoms with Gasteiger partial charge in [0.1, 0.15) is 0 Å². The standard InChI is InChI=1S/C18H21N7OS/c1-23(2)18-20-16(22-27-18)12-24-9-13(10-24)11-25-17(26)4-3-15(21-25)14-5-7-19-8-6-14/h3-8,13H,9-12H2,1-2H3. The molecule has 4 heterocycles. The summed E-state index contributed by atoms with van der Waals surface area (Å²) >= 11 is 1.42. The van der Waals surface area contributed by atoms with E-state index in [9.17, 15) is 4.79 Å². The second-order valence-electron chi connectivity index (χ2n) is 6.92. The molecule has 0 saturated carbocycles. The van der Waals surface area contributed by atoms with Gasteiger partial charge in [-0.25, -0.2) is 9.67 Å². The second kappa shape index (κ2) is 7.53. The number of hydrogen-bond donors (Lipinski definition) is 0. The molecular formula is C18H21N7OS. The number of pyridine rings is 1. The van der Waals surface area contributed by atoms with Crippen LogP contribution >= 0.6 is 11.5 Å². The summed E-state index contributed by atoms with van der Waals surface area (Å²) in [5.41, 5.74) is 1.68. The van der Waals surface area contributed by atoms with E-state index in [2.05, 4.69) is 24.3 Å². The van der Waals surface area contributed by atoms with Crippen molar-refractivity contribution < 1.29 is 0 Å². The minimum atomic E-state index is -0.0666. The largest absolute Gasteiger partial charge is 0.353 e. The van der Waals surface area contributed by atoms with E-state index in [1.54, 1.807) is 29.2 Å². The van der Waals surface area contributed by atoms with Gasteiger partial charge >= 0.3 is 0 Å². The van der Waals surface area contributed by atoms with Gasteiger partial charge in [-0.15, -0.1) is 0 Å². The minimum Gasteiger partial charge on any atom is -0.353 e. The number of anilines is 1. The zero-order valence-electron chi connectivity index (χ0n) is 15.3. The molecule has 0 N–H and O–H groups in total. The third kappa shape index (κ3) is 4.04. The first-order chi connectivity index (χ1) is 13.1. The molecule has 0 atom stereocenters. The van der Waals surface area contributed by atoms with Gasteiger partial charge in [-0.05, 0) is 18.2 Å². The predicted molar refractivity (Wildman–Crippen MR) is 105 cm³/mol. The van der Waals surface area contributed by atoms with Crippen LogP contribution in [0.15, 0.2) is 41.5 Å². The molecular weight excluding hydrogens is 362 g/mol. The van der Waals surface area contributed by atoms with E-state index in [0.29, 0.717) is 12.5 Å². The summed E-state index contributed by atoms with van der Waals surface area (Å²) in [7, 11) is 3.93. The first kappa shape index (κ1) is 17.7. The van der Waals surface area contributed by atoms with E-state index in [4.69, 9.17) is 0 Å². The van der Waals surface area contributed by atoms with Crippen LogP contribution in [-0.2, 0) is 13.1 Å². The molecule has 8 nitrogen and oxygen atoms in total. The predicted octanol–water partition coefficient (Wildman–Crippen LogP) is 1.35. The van der Waals surface area contributed by atoms with E-state index in [0.717, 1.165) is 41.8 Å². The van der Waals surface area contributed by atoms with Crippen LogP contribution in [-0.4, -0.2) is 56.2 Å². The fourth-order valence-corrected chi connectivity index (χ4v) is 3.71. The lowest BCUT2D eigenvalue weighted by molar-refractivity contribution is 0.0745. The Bertz CT molecular complexity index is 963. The molecule has 4 rings (SSSR count). The molecule has 0 aromatic carbocycles. The van der Waals surface area contributed by atoms with Crippen molar-refractivity contribution in [2.24, 2.45) is 5.92 Å². The Hall–Kier alpha value is -2.65. The van der Waals surface area contributed by atoms with Gasteiger partial charge in [-0.3, -0.25) is 14.7 Å². The fourth-order valence-electron chi connectivity index (χ4n) is 3.11. The van der Waals surface area contributed by atoms with E-state index >= 15 is 0 Å². The van der Waals surface area contributed by atoms with Gasteiger partial charge < -0.3 is 4.90 Å². The quantitative estimate of drug-likeness (QED) is 0.636. The Kier molecular flexibility index (Phi) is 4.95. The molecule has 0 bridgehead atoms. The van der Waals surface area contributed by atoms with E-state index in [1.165, 1.54) is 11.5 Å². The van der Waals surface area contributed by atoms with Gasteiger partial charge in [0, 0.05) is 68.7 Å². The highest BCUT2D eigenvalue weighted by Gasteiger charge is 2.28. The molecule has 3 aromatic heterocycles. The number of rotatable bonds is 6. The van der Waals surface area contributed by atoms with Crippen LogP contribution < -0.4 is 10.5 Å². The topological polar surface area (TPSA) is 80.0 Å². The Morgan fingerprint density at radius 3 is 2.67 bits per heavy atom. The first-order valence-corrected chi connectivity index (χ1v) is 9.56. The highest BCUT2D eigenvalue weighted by Crippen LogP contribution is 2.21. The molecule has 0 spiro atoms. The Balaban J connectivity index is 1.36. The summed E-state index contributed by atoms with van der Waals surface area (Å²) in [6, 6.07) is 7.13. The van der Waals surface area contributed by atoms with Gasteiger partial charge in [0.2, 0.25) is 5.13 Å². The molecule has 27 heavy (non-hydrogen) atoms. The summed E-state index contributed by atoms with van der Waals surface area (Å²) in [6.45, 7) is 3.22. The molecule has 1 aliphatic heterocycles. The zero-order chi connectivity index (χ0) is 18.8. The maximum Gasteiger partial charge on any atom is 0.266 e. The molecule has 140 valence electrons. The number of likely N-dealkylation sites (tertiary alicyclic amines) is 1. The van der Waals surface area contributed by atoms with Crippen molar-refractivity contribution >= 4 is 16.7 Å². The van der Waals surface area contributed by atoms with E-state index < -0.39 is 0 Å². The molecule has 0 amide bonds. The Morgan fingerprint density at radius 1 is 1.19 bits per heavy atom. The third-order valence-electron chi connectivity index (χ3n) is 4.51. The lowest BCUT2D eigenvalue weighted by Gasteiger charge is -2.38. The first-order valence-electron chi connectivity index (χ1n) is 8.79. The number of hydrogen-bond acceptors (Lipinski definition) is 8. The van der Waals surface area contributed by atoms with Crippen LogP contribution in [0.3, 0.4) is 0 Å². The van der Waals surface area contributed by atoms with Crippen LogP contribution in [0.2, 0.25) is 0 Å². The lowest BCUT2D eigenvalue weighted by Crippen LogP contribution is -2.49. The maximum absolute atomic E-state index is 12.2. The summed E-state index contributed by atoms with van der Waals surface area (Å²) in [5, 5.41) is 5.45. The Morgan fingerprint density at radius 2 is 1.96 bits per heavy atom.